The summed E-state index contributed by atoms with van der Waals surface area (Å²) in [6, 6.07) is 41.3. The van der Waals surface area contributed by atoms with Crippen LogP contribution in [0.3, 0.4) is 0 Å². The van der Waals surface area contributed by atoms with Crippen LogP contribution in [0.2, 0.25) is 0 Å². The van der Waals surface area contributed by atoms with Crippen molar-refractivity contribution in [2.24, 2.45) is 0 Å². The zero-order chi connectivity index (χ0) is 27.8. The topological polar surface area (TPSA) is 0 Å². The summed E-state index contributed by atoms with van der Waals surface area (Å²) in [7, 11) is 0. The van der Waals surface area contributed by atoms with Crippen molar-refractivity contribution in [1.29, 1.82) is 0 Å². The van der Waals surface area contributed by atoms with Crippen molar-refractivity contribution in [3.63, 3.8) is 0 Å². The highest BCUT2D eigenvalue weighted by molar-refractivity contribution is 6.35. The van der Waals surface area contributed by atoms with E-state index in [2.05, 4.69) is 151 Å². The molecule has 0 spiro atoms. The molecule has 0 amide bonds. The maximum Gasteiger partial charge on any atom is -0.00201 e. The second-order valence-electron chi connectivity index (χ2n) is 13.4. The molecule has 0 aliphatic carbocycles. The summed E-state index contributed by atoms with van der Waals surface area (Å²) in [5.74, 6) is 0. The summed E-state index contributed by atoms with van der Waals surface area (Å²) in [5.41, 5.74) is 8.17. The molecule has 0 aromatic heterocycles. The molecule has 0 nitrogen and oxygen atoms in total. The summed E-state index contributed by atoms with van der Waals surface area (Å²) in [5, 5.41) is 10.7. The maximum absolute atomic E-state index is 2.35. The molecule has 0 saturated carbocycles. The molecule has 7 rings (SSSR count). The van der Waals surface area contributed by atoms with Crippen molar-refractivity contribution < 1.29 is 0 Å². The Balaban J connectivity index is 1.47. The van der Waals surface area contributed by atoms with Crippen LogP contribution in [0.4, 0.5) is 0 Å². The second kappa shape index (κ2) is 8.67. The largest absolute Gasteiger partial charge is 0.0610 e. The highest BCUT2D eigenvalue weighted by Crippen LogP contribution is 2.45. The third-order valence-electron chi connectivity index (χ3n) is 8.79. The van der Waals surface area contributed by atoms with Crippen molar-refractivity contribution in [2.75, 3.05) is 0 Å². The van der Waals surface area contributed by atoms with E-state index in [0.717, 1.165) is 0 Å². The van der Waals surface area contributed by atoms with Crippen molar-refractivity contribution in [3.05, 3.63) is 120 Å². The lowest BCUT2D eigenvalue weighted by molar-refractivity contribution is 0.590. The summed E-state index contributed by atoms with van der Waals surface area (Å²) in [4.78, 5) is 0. The van der Waals surface area contributed by atoms with Gasteiger partial charge in [-0.2, -0.15) is 0 Å². The van der Waals surface area contributed by atoms with Gasteiger partial charge in [0.2, 0.25) is 0 Å². The molecular formula is C40H36. The Morgan fingerprint density at radius 1 is 0.325 bits per heavy atom. The molecule has 40 heavy (non-hydrogen) atoms. The minimum Gasteiger partial charge on any atom is -0.0610 e. The van der Waals surface area contributed by atoms with Crippen molar-refractivity contribution in [2.45, 2.75) is 52.4 Å². The molecule has 0 fully saturated rings. The molecule has 7 aromatic carbocycles. The van der Waals surface area contributed by atoms with E-state index in [-0.39, 0.29) is 10.8 Å². The van der Waals surface area contributed by atoms with Crippen LogP contribution in [0.15, 0.2) is 109 Å². The number of rotatable bonds is 2. The summed E-state index contributed by atoms with van der Waals surface area (Å²) < 4.78 is 0. The third kappa shape index (κ3) is 3.81. The van der Waals surface area contributed by atoms with Crippen LogP contribution in [-0.2, 0) is 10.8 Å². The van der Waals surface area contributed by atoms with E-state index in [1.54, 1.807) is 0 Å². The first-order valence-electron chi connectivity index (χ1n) is 14.5. The number of fused-ring (bicyclic) bond motifs is 2. The Hall–Kier alpha value is -4.16. The van der Waals surface area contributed by atoms with Crippen LogP contribution in [0.5, 0.6) is 0 Å². The van der Waals surface area contributed by atoms with E-state index in [1.165, 1.54) is 76.5 Å². The number of hydrogen-bond donors (Lipinski definition) is 0. The van der Waals surface area contributed by atoms with Gasteiger partial charge < -0.3 is 0 Å². The third-order valence-corrected chi connectivity index (χ3v) is 8.79. The lowest BCUT2D eigenvalue weighted by Gasteiger charge is -2.21. The maximum atomic E-state index is 2.35. The first kappa shape index (κ1) is 24.9. The summed E-state index contributed by atoms with van der Waals surface area (Å²) in [6.07, 6.45) is 0. The molecule has 0 radical (unpaired) electrons. The fourth-order valence-corrected chi connectivity index (χ4v) is 6.51. The van der Waals surface area contributed by atoms with Gasteiger partial charge in [-0.25, -0.2) is 0 Å². The fraction of sp³-hybridized carbons (Fsp3) is 0.200. The van der Waals surface area contributed by atoms with E-state index in [1.807, 2.05) is 0 Å². The molecule has 196 valence electrons. The van der Waals surface area contributed by atoms with Gasteiger partial charge in [0.05, 0.1) is 0 Å². The van der Waals surface area contributed by atoms with E-state index < -0.39 is 0 Å². The minimum atomic E-state index is 0.147. The zero-order valence-corrected chi connectivity index (χ0v) is 24.4. The van der Waals surface area contributed by atoms with Gasteiger partial charge >= 0.3 is 0 Å². The number of benzene rings is 7. The Morgan fingerprint density at radius 3 is 1.00 bits per heavy atom. The smallest absolute Gasteiger partial charge is 0.00201 e. The molecule has 0 aliphatic rings. The van der Waals surface area contributed by atoms with Gasteiger partial charge in [-0.1, -0.05) is 151 Å². The first-order chi connectivity index (χ1) is 19.1. The van der Waals surface area contributed by atoms with Gasteiger partial charge in [0, 0.05) is 0 Å². The van der Waals surface area contributed by atoms with Crippen LogP contribution < -0.4 is 0 Å². The van der Waals surface area contributed by atoms with E-state index >= 15 is 0 Å². The molecule has 0 saturated heterocycles. The quantitative estimate of drug-likeness (QED) is 0.158. The molecule has 0 bridgehead atoms. The predicted octanol–water partition coefficient (Wildman–Crippen LogP) is 11.7. The zero-order valence-electron chi connectivity index (χ0n) is 24.4. The van der Waals surface area contributed by atoms with Crippen LogP contribution >= 0.6 is 0 Å². The molecule has 0 unspecified atom stereocenters. The normalized spacial score (nSPS) is 12.8. The lowest BCUT2D eigenvalue weighted by atomic mass is 9.83. The average Bonchev–Trinajstić information content (AvgIpc) is 2.94. The van der Waals surface area contributed by atoms with Crippen molar-refractivity contribution in [3.8, 4) is 22.3 Å². The van der Waals surface area contributed by atoms with Gasteiger partial charge in [-0.05, 0) is 87.3 Å². The van der Waals surface area contributed by atoms with Crippen LogP contribution in [0, 0.1) is 0 Å². The lowest BCUT2D eigenvalue weighted by Crippen LogP contribution is -2.10. The molecule has 0 heteroatoms. The molecular weight excluding hydrogens is 480 g/mol. The molecule has 0 aliphatic heterocycles. The van der Waals surface area contributed by atoms with Crippen LogP contribution in [0.25, 0.3) is 65.3 Å². The van der Waals surface area contributed by atoms with Crippen LogP contribution in [0.1, 0.15) is 52.7 Å². The minimum absolute atomic E-state index is 0.147. The molecule has 7 aromatic rings. The highest BCUT2D eigenvalue weighted by Gasteiger charge is 2.19. The first-order valence-corrected chi connectivity index (χ1v) is 14.5. The Morgan fingerprint density at radius 2 is 0.650 bits per heavy atom. The average molecular weight is 517 g/mol. The van der Waals surface area contributed by atoms with E-state index in [4.69, 9.17) is 0 Å². The molecule has 0 N–H and O–H groups in total. The Kier molecular flexibility index (Phi) is 5.39. The summed E-state index contributed by atoms with van der Waals surface area (Å²) >= 11 is 0. The second-order valence-corrected chi connectivity index (χ2v) is 13.4. The highest BCUT2D eigenvalue weighted by atomic mass is 14.2. The van der Waals surface area contributed by atoms with Crippen molar-refractivity contribution >= 4 is 43.1 Å². The van der Waals surface area contributed by atoms with Gasteiger partial charge in [-0.3, -0.25) is 0 Å². The van der Waals surface area contributed by atoms with Crippen LogP contribution in [-0.4, -0.2) is 0 Å². The predicted molar refractivity (Wildman–Crippen MR) is 176 cm³/mol. The van der Waals surface area contributed by atoms with Gasteiger partial charge in [0.25, 0.3) is 0 Å². The molecule has 0 heterocycles. The Bertz CT molecular complexity index is 1850. The standard InChI is InChI=1S/C40H36/c1-39(2,3)27-17-13-25(14-18-27)29-21-23-35-36-24-22-30(26-15-19-28(20-16-26)40(4,5)6)32-10-8-12-34(38(32)36)33-11-7-9-31(29)37(33)35/h7-24H,1-6H3. The SMILES string of the molecule is CC(C)(C)c1ccc(-c2ccc3c4ccc(-c5ccc(C(C)(C)C)cc5)c5cccc(c6cccc2c63)c54)cc1. The van der Waals surface area contributed by atoms with E-state index in [9.17, 15) is 0 Å². The fourth-order valence-electron chi connectivity index (χ4n) is 6.51. The molecule has 0 atom stereocenters. The van der Waals surface area contributed by atoms with Gasteiger partial charge in [0.1, 0.15) is 0 Å². The monoisotopic (exact) mass is 516 g/mol. The van der Waals surface area contributed by atoms with Crippen molar-refractivity contribution in [1.82, 2.24) is 0 Å². The Labute approximate surface area is 237 Å². The number of hydrogen-bond acceptors (Lipinski definition) is 0. The summed E-state index contributed by atoms with van der Waals surface area (Å²) in [6.45, 7) is 13.6. The van der Waals surface area contributed by atoms with Gasteiger partial charge in [-0.15, -0.1) is 0 Å². The van der Waals surface area contributed by atoms with E-state index in [0.29, 0.717) is 0 Å². The van der Waals surface area contributed by atoms with Gasteiger partial charge in [0.15, 0.2) is 0 Å².